The quantitative estimate of drug-likeness (QED) is 0.252. The van der Waals surface area contributed by atoms with Crippen LogP contribution in [0.15, 0.2) is 42.9 Å². The third-order valence-corrected chi connectivity index (χ3v) is 6.96. The third-order valence-electron chi connectivity index (χ3n) is 6.96. The Morgan fingerprint density at radius 3 is 2.42 bits per heavy atom. The molecule has 0 N–H and O–H groups in total. The highest BCUT2D eigenvalue weighted by Crippen LogP contribution is 2.45. The summed E-state index contributed by atoms with van der Waals surface area (Å²) in [6.45, 7) is 6.19. The number of imidazole rings is 1. The van der Waals surface area contributed by atoms with Crippen molar-refractivity contribution in [2.24, 2.45) is 0 Å². The molecule has 1 aromatic carbocycles. The Kier molecular flexibility index (Phi) is 6.27. The number of nitrogens with zero attached hydrogens (tertiary/aromatic N) is 8. The highest BCUT2D eigenvalue weighted by atomic mass is 19.4. The lowest BCUT2D eigenvalue weighted by molar-refractivity contribution is -0.141. The van der Waals surface area contributed by atoms with E-state index in [2.05, 4.69) is 33.9 Å². The van der Waals surface area contributed by atoms with Crippen molar-refractivity contribution in [3.8, 4) is 23.0 Å². The number of hydrogen-bond acceptors (Lipinski definition) is 7. The van der Waals surface area contributed by atoms with Crippen molar-refractivity contribution in [1.29, 1.82) is 0 Å². The van der Waals surface area contributed by atoms with Crippen LogP contribution in [0.2, 0.25) is 0 Å². The predicted molar refractivity (Wildman–Crippen MR) is 141 cm³/mol. The van der Waals surface area contributed by atoms with E-state index in [1.165, 1.54) is 11.0 Å². The number of alkyl halides is 3. The molecular weight excluding hydrogens is 521 g/mol. The Balaban J connectivity index is 1.39. The first-order valence-corrected chi connectivity index (χ1v) is 13.0. The van der Waals surface area contributed by atoms with Crippen molar-refractivity contribution in [3.63, 3.8) is 0 Å². The van der Waals surface area contributed by atoms with E-state index < -0.39 is 11.9 Å². The largest absolute Gasteiger partial charge is 0.480 e. The Morgan fingerprint density at radius 2 is 1.80 bits per heavy atom. The van der Waals surface area contributed by atoms with Gasteiger partial charge >= 0.3 is 6.18 Å². The molecule has 6 rings (SSSR count). The molecule has 1 fully saturated rings. The number of hydrogen-bond donors (Lipinski definition) is 0. The van der Waals surface area contributed by atoms with Crippen LogP contribution < -0.4 is 4.74 Å². The SMILES string of the molecule is COc1ncnc(C2CC2)c1-c1ncc2nc(C(C)C)n(Cc3ccc(-n4nc(C(F)(F)F)cc4C)cc3)c2n1. The van der Waals surface area contributed by atoms with Gasteiger partial charge in [0.15, 0.2) is 17.2 Å². The lowest BCUT2D eigenvalue weighted by Gasteiger charge is -2.13. The van der Waals surface area contributed by atoms with Crippen molar-refractivity contribution in [1.82, 2.24) is 39.3 Å². The predicted octanol–water partition coefficient (Wildman–Crippen LogP) is 5.85. The van der Waals surface area contributed by atoms with Crippen molar-refractivity contribution in [3.05, 3.63) is 71.3 Å². The maximum Gasteiger partial charge on any atom is 0.435 e. The van der Waals surface area contributed by atoms with E-state index in [0.717, 1.165) is 36.0 Å². The molecule has 5 aromatic rings. The zero-order valence-electron chi connectivity index (χ0n) is 22.4. The summed E-state index contributed by atoms with van der Waals surface area (Å²) in [5.41, 5.74) is 3.89. The third kappa shape index (κ3) is 4.67. The second kappa shape index (κ2) is 9.68. The summed E-state index contributed by atoms with van der Waals surface area (Å²) in [5, 5.41) is 3.75. The van der Waals surface area contributed by atoms with Crippen LogP contribution in [-0.2, 0) is 12.7 Å². The van der Waals surface area contributed by atoms with Gasteiger partial charge in [0.25, 0.3) is 0 Å². The van der Waals surface area contributed by atoms with Crippen molar-refractivity contribution in [2.75, 3.05) is 7.11 Å². The number of ether oxygens (including phenoxy) is 1. The van der Waals surface area contributed by atoms with Crippen LogP contribution in [0.3, 0.4) is 0 Å². The van der Waals surface area contributed by atoms with Crippen molar-refractivity contribution < 1.29 is 17.9 Å². The van der Waals surface area contributed by atoms with Crippen LogP contribution in [0.5, 0.6) is 5.88 Å². The van der Waals surface area contributed by atoms with Crippen LogP contribution in [0.4, 0.5) is 13.2 Å². The fraction of sp³-hybridized carbons (Fsp3) is 0.357. The molecular formula is C28H27F3N8O. The van der Waals surface area contributed by atoms with E-state index in [9.17, 15) is 13.2 Å². The number of aryl methyl sites for hydroxylation is 1. The van der Waals surface area contributed by atoms with Gasteiger partial charge in [-0.2, -0.15) is 18.3 Å². The molecule has 0 atom stereocenters. The maximum atomic E-state index is 13.1. The van der Waals surface area contributed by atoms with Gasteiger partial charge in [0.1, 0.15) is 23.2 Å². The molecule has 1 aliphatic carbocycles. The first-order chi connectivity index (χ1) is 19.1. The van der Waals surface area contributed by atoms with Gasteiger partial charge in [-0.15, -0.1) is 0 Å². The Morgan fingerprint density at radius 1 is 1.05 bits per heavy atom. The van der Waals surface area contributed by atoms with Crippen LogP contribution in [0.25, 0.3) is 28.2 Å². The Labute approximate surface area is 228 Å². The molecule has 4 heterocycles. The van der Waals surface area contributed by atoms with Gasteiger partial charge in [0, 0.05) is 17.5 Å². The topological polar surface area (TPSA) is 96.4 Å². The summed E-state index contributed by atoms with van der Waals surface area (Å²) in [6.07, 6.45) is 0.827. The molecule has 1 aliphatic rings. The molecule has 0 saturated heterocycles. The molecule has 206 valence electrons. The summed E-state index contributed by atoms with van der Waals surface area (Å²) in [5.74, 6) is 2.22. The van der Waals surface area contributed by atoms with Gasteiger partial charge in [0.2, 0.25) is 5.88 Å². The maximum absolute atomic E-state index is 13.1. The number of rotatable bonds is 7. The number of methoxy groups -OCH3 is 1. The van der Waals surface area contributed by atoms with Gasteiger partial charge in [-0.25, -0.2) is 29.6 Å². The minimum atomic E-state index is -4.50. The fourth-order valence-electron chi connectivity index (χ4n) is 4.87. The monoisotopic (exact) mass is 548 g/mol. The average molecular weight is 549 g/mol. The lowest BCUT2D eigenvalue weighted by atomic mass is 10.1. The van der Waals surface area contributed by atoms with Gasteiger partial charge in [-0.05, 0) is 43.5 Å². The van der Waals surface area contributed by atoms with Crippen LogP contribution in [0.1, 0.15) is 67.0 Å². The summed E-state index contributed by atoms with van der Waals surface area (Å²) in [4.78, 5) is 23.2. The van der Waals surface area contributed by atoms with E-state index in [4.69, 9.17) is 14.7 Å². The highest BCUT2D eigenvalue weighted by Gasteiger charge is 2.35. The molecule has 12 heteroatoms. The molecule has 0 unspecified atom stereocenters. The van der Waals surface area contributed by atoms with Crippen molar-refractivity contribution >= 4 is 11.2 Å². The standard InChI is InChI=1S/C28H27F3N8O/c1-15(2)25-35-20-12-32-24(22-23(18-7-8-18)33-14-34-27(22)40-4)36-26(20)38(25)13-17-5-9-19(10-6-17)39-16(3)11-21(37-39)28(29,30)31/h5-6,9-12,14-15,18H,7-8,13H2,1-4H3. The molecule has 0 bridgehead atoms. The van der Waals surface area contributed by atoms with E-state index >= 15 is 0 Å². The number of benzene rings is 1. The Hall–Kier alpha value is -4.35. The molecule has 0 spiro atoms. The zero-order valence-corrected chi connectivity index (χ0v) is 22.4. The van der Waals surface area contributed by atoms with E-state index in [1.54, 1.807) is 32.4 Å². The minimum absolute atomic E-state index is 0.112. The van der Waals surface area contributed by atoms with Gasteiger partial charge in [-0.1, -0.05) is 26.0 Å². The van der Waals surface area contributed by atoms with E-state index in [0.29, 0.717) is 52.3 Å². The first-order valence-electron chi connectivity index (χ1n) is 13.0. The molecule has 0 amide bonds. The van der Waals surface area contributed by atoms with Gasteiger partial charge in [0.05, 0.1) is 31.2 Å². The Bertz CT molecular complexity index is 1700. The summed E-state index contributed by atoms with van der Waals surface area (Å²) >= 11 is 0. The number of aromatic nitrogens is 8. The second-order valence-electron chi connectivity index (χ2n) is 10.3. The van der Waals surface area contributed by atoms with Crippen LogP contribution >= 0.6 is 0 Å². The van der Waals surface area contributed by atoms with Crippen LogP contribution in [0, 0.1) is 6.92 Å². The van der Waals surface area contributed by atoms with Crippen LogP contribution in [-0.4, -0.2) is 46.4 Å². The smallest absolute Gasteiger partial charge is 0.435 e. The van der Waals surface area contributed by atoms with Gasteiger partial charge < -0.3 is 9.30 Å². The molecule has 0 radical (unpaired) electrons. The van der Waals surface area contributed by atoms with E-state index in [1.807, 2.05) is 16.7 Å². The number of halogens is 3. The minimum Gasteiger partial charge on any atom is -0.480 e. The fourth-order valence-corrected chi connectivity index (χ4v) is 4.87. The lowest BCUT2D eigenvalue weighted by Crippen LogP contribution is -2.09. The zero-order chi connectivity index (χ0) is 28.2. The first kappa shape index (κ1) is 25.9. The van der Waals surface area contributed by atoms with Gasteiger partial charge in [-0.3, -0.25) is 0 Å². The summed E-state index contributed by atoms with van der Waals surface area (Å²) in [7, 11) is 1.57. The number of fused-ring (bicyclic) bond motifs is 1. The molecule has 4 aromatic heterocycles. The average Bonchev–Trinajstić information content (AvgIpc) is 3.61. The second-order valence-corrected chi connectivity index (χ2v) is 10.3. The highest BCUT2D eigenvalue weighted by molar-refractivity contribution is 5.76. The summed E-state index contributed by atoms with van der Waals surface area (Å²) in [6, 6.07) is 8.32. The van der Waals surface area contributed by atoms with Crippen molar-refractivity contribution in [2.45, 2.75) is 58.2 Å². The molecule has 0 aliphatic heterocycles. The molecule has 40 heavy (non-hydrogen) atoms. The molecule has 9 nitrogen and oxygen atoms in total. The normalized spacial score (nSPS) is 13.9. The van der Waals surface area contributed by atoms with E-state index in [-0.39, 0.29) is 5.92 Å². The summed E-state index contributed by atoms with van der Waals surface area (Å²) < 4.78 is 48.3. The molecule has 1 saturated carbocycles.